The second kappa shape index (κ2) is 5.13. The molecule has 0 aliphatic carbocycles. The summed E-state index contributed by atoms with van der Waals surface area (Å²) >= 11 is 6.16. The molecule has 0 unspecified atom stereocenters. The third-order valence-corrected chi connectivity index (χ3v) is 3.47. The van der Waals surface area contributed by atoms with Gasteiger partial charge in [-0.2, -0.15) is 0 Å². The first-order chi connectivity index (χ1) is 9.70. The van der Waals surface area contributed by atoms with Crippen LogP contribution in [0.2, 0.25) is 5.28 Å². The highest BCUT2D eigenvalue weighted by Gasteiger charge is 2.15. The van der Waals surface area contributed by atoms with E-state index in [0.717, 1.165) is 21.8 Å². The van der Waals surface area contributed by atoms with E-state index in [9.17, 15) is 4.79 Å². The minimum Gasteiger partial charge on any atom is -0.465 e. The van der Waals surface area contributed by atoms with Crippen molar-refractivity contribution in [3.63, 3.8) is 0 Å². The van der Waals surface area contributed by atoms with Crippen LogP contribution in [0.15, 0.2) is 36.4 Å². The third kappa shape index (κ3) is 2.12. The summed E-state index contributed by atoms with van der Waals surface area (Å²) in [5.41, 5.74) is 1.64. The predicted molar refractivity (Wildman–Crippen MR) is 78.9 cm³/mol. The molecule has 0 saturated heterocycles. The quantitative estimate of drug-likeness (QED) is 0.694. The van der Waals surface area contributed by atoms with Gasteiger partial charge in [-0.25, -0.2) is 4.98 Å². The second-order valence-corrected chi connectivity index (χ2v) is 4.76. The molecule has 0 radical (unpaired) electrons. The summed E-state index contributed by atoms with van der Waals surface area (Å²) in [5.74, 6) is -0.318. The smallest absolute Gasteiger partial charge is 0.326 e. The Kier molecular flexibility index (Phi) is 3.32. The lowest BCUT2D eigenvalue weighted by Gasteiger charge is -2.07. The third-order valence-electron chi connectivity index (χ3n) is 3.18. The van der Waals surface area contributed by atoms with Crippen LogP contribution >= 0.6 is 11.6 Å². The number of hydrogen-bond acceptors (Lipinski definition) is 3. The summed E-state index contributed by atoms with van der Waals surface area (Å²) in [6, 6.07) is 11.8. The number of ether oxygens (including phenoxy) is 1. The van der Waals surface area contributed by atoms with Crippen LogP contribution in [0.3, 0.4) is 0 Å². The van der Waals surface area contributed by atoms with E-state index in [2.05, 4.69) is 4.98 Å². The average molecular weight is 289 g/mol. The van der Waals surface area contributed by atoms with Gasteiger partial charge in [0, 0.05) is 5.39 Å². The molecule has 4 nitrogen and oxygen atoms in total. The van der Waals surface area contributed by atoms with Crippen molar-refractivity contribution >= 4 is 39.4 Å². The van der Waals surface area contributed by atoms with Crippen LogP contribution in [0.1, 0.15) is 6.92 Å². The van der Waals surface area contributed by atoms with E-state index in [0.29, 0.717) is 11.9 Å². The number of carbonyl (C=O) groups is 1. The maximum absolute atomic E-state index is 11.7. The molecule has 0 aliphatic rings. The number of imidazole rings is 1. The Balaban J connectivity index is 2.22. The zero-order valence-corrected chi connectivity index (χ0v) is 11.7. The van der Waals surface area contributed by atoms with Crippen molar-refractivity contribution in [2.45, 2.75) is 13.5 Å². The SMILES string of the molecule is CCOC(=O)Cn1c(Cl)nc2ccc3ccccc3c21. The molecule has 0 bridgehead atoms. The molecule has 2 aromatic carbocycles. The molecule has 0 spiro atoms. The van der Waals surface area contributed by atoms with Crippen molar-refractivity contribution in [3.05, 3.63) is 41.7 Å². The van der Waals surface area contributed by atoms with Crippen LogP contribution < -0.4 is 0 Å². The van der Waals surface area contributed by atoms with Crippen LogP contribution in [0.5, 0.6) is 0 Å². The summed E-state index contributed by atoms with van der Waals surface area (Å²) in [6.07, 6.45) is 0. The summed E-state index contributed by atoms with van der Waals surface area (Å²) in [4.78, 5) is 16.0. The van der Waals surface area contributed by atoms with E-state index in [-0.39, 0.29) is 12.5 Å². The topological polar surface area (TPSA) is 44.1 Å². The zero-order valence-electron chi connectivity index (χ0n) is 11.0. The van der Waals surface area contributed by atoms with Crippen LogP contribution in [0.25, 0.3) is 21.8 Å². The Morgan fingerprint density at radius 1 is 1.30 bits per heavy atom. The van der Waals surface area contributed by atoms with E-state index in [1.807, 2.05) is 36.4 Å². The molecule has 0 atom stereocenters. The first kappa shape index (κ1) is 12.9. The Morgan fingerprint density at radius 2 is 2.10 bits per heavy atom. The maximum atomic E-state index is 11.7. The Morgan fingerprint density at radius 3 is 2.90 bits per heavy atom. The first-order valence-electron chi connectivity index (χ1n) is 6.40. The standard InChI is InChI=1S/C15H13ClN2O2/c1-2-20-13(19)9-18-14-11-6-4-3-5-10(11)7-8-12(14)17-15(18)16/h3-8H,2,9H2,1H3. The van der Waals surface area contributed by atoms with Crippen molar-refractivity contribution in [1.29, 1.82) is 0 Å². The molecule has 1 heterocycles. The van der Waals surface area contributed by atoms with Crippen LogP contribution in [-0.4, -0.2) is 22.1 Å². The van der Waals surface area contributed by atoms with E-state index in [1.54, 1.807) is 11.5 Å². The van der Waals surface area contributed by atoms with Gasteiger partial charge in [-0.15, -0.1) is 0 Å². The van der Waals surface area contributed by atoms with Crippen LogP contribution in [0.4, 0.5) is 0 Å². The number of aromatic nitrogens is 2. The molecule has 0 fully saturated rings. The van der Waals surface area contributed by atoms with E-state index >= 15 is 0 Å². The average Bonchev–Trinajstić information content (AvgIpc) is 2.76. The lowest BCUT2D eigenvalue weighted by molar-refractivity contribution is -0.143. The normalized spacial score (nSPS) is 11.1. The summed E-state index contributed by atoms with van der Waals surface area (Å²) in [7, 11) is 0. The number of halogens is 1. The van der Waals surface area contributed by atoms with Gasteiger partial charge in [0.25, 0.3) is 0 Å². The summed E-state index contributed by atoms with van der Waals surface area (Å²) in [5, 5.41) is 2.40. The molecule has 20 heavy (non-hydrogen) atoms. The molecule has 102 valence electrons. The Labute approximate surface area is 120 Å². The fourth-order valence-corrected chi connectivity index (χ4v) is 2.58. The van der Waals surface area contributed by atoms with E-state index in [4.69, 9.17) is 16.3 Å². The zero-order chi connectivity index (χ0) is 14.1. The number of fused-ring (bicyclic) bond motifs is 3. The number of esters is 1. The highest BCUT2D eigenvalue weighted by Crippen LogP contribution is 2.28. The fraction of sp³-hybridized carbons (Fsp3) is 0.200. The molecular weight excluding hydrogens is 276 g/mol. The summed E-state index contributed by atoms with van der Waals surface area (Å²) in [6.45, 7) is 2.20. The van der Waals surface area contributed by atoms with E-state index < -0.39 is 0 Å². The van der Waals surface area contributed by atoms with Gasteiger partial charge in [-0.3, -0.25) is 4.79 Å². The predicted octanol–water partition coefficient (Wildman–Crippen LogP) is 3.41. The Bertz CT molecular complexity index is 795. The summed E-state index contributed by atoms with van der Waals surface area (Å²) < 4.78 is 6.68. The fourth-order valence-electron chi connectivity index (χ4n) is 2.35. The number of rotatable bonds is 3. The largest absolute Gasteiger partial charge is 0.465 e. The van der Waals surface area contributed by atoms with Crippen LogP contribution in [-0.2, 0) is 16.1 Å². The molecular formula is C15H13ClN2O2. The molecule has 3 aromatic rings. The van der Waals surface area contributed by atoms with Gasteiger partial charge in [0.15, 0.2) is 0 Å². The van der Waals surface area contributed by atoms with Crippen LogP contribution in [0, 0.1) is 0 Å². The van der Waals surface area contributed by atoms with Crippen molar-refractivity contribution in [1.82, 2.24) is 9.55 Å². The molecule has 0 amide bonds. The van der Waals surface area contributed by atoms with Gasteiger partial charge < -0.3 is 9.30 Å². The molecule has 3 rings (SSSR count). The van der Waals surface area contributed by atoms with Crippen molar-refractivity contribution in [2.75, 3.05) is 6.61 Å². The highest BCUT2D eigenvalue weighted by molar-refractivity contribution is 6.30. The number of hydrogen-bond donors (Lipinski definition) is 0. The van der Waals surface area contributed by atoms with Crippen molar-refractivity contribution in [3.8, 4) is 0 Å². The monoisotopic (exact) mass is 288 g/mol. The minimum atomic E-state index is -0.318. The van der Waals surface area contributed by atoms with Gasteiger partial charge in [-0.1, -0.05) is 30.3 Å². The highest BCUT2D eigenvalue weighted by atomic mass is 35.5. The first-order valence-corrected chi connectivity index (χ1v) is 6.77. The molecule has 5 heteroatoms. The van der Waals surface area contributed by atoms with E-state index in [1.165, 1.54) is 0 Å². The van der Waals surface area contributed by atoms with Gasteiger partial charge in [0.1, 0.15) is 6.54 Å². The minimum absolute atomic E-state index is 0.0666. The maximum Gasteiger partial charge on any atom is 0.326 e. The van der Waals surface area contributed by atoms with Gasteiger partial charge >= 0.3 is 5.97 Å². The van der Waals surface area contributed by atoms with Gasteiger partial charge in [0.05, 0.1) is 17.6 Å². The number of nitrogens with zero attached hydrogens (tertiary/aromatic N) is 2. The lowest BCUT2D eigenvalue weighted by Crippen LogP contribution is -2.13. The number of benzene rings is 2. The second-order valence-electron chi connectivity index (χ2n) is 4.43. The Hall–Kier alpha value is -2.07. The van der Waals surface area contributed by atoms with Crippen molar-refractivity contribution in [2.24, 2.45) is 0 Å². The van der Waals surface area contributed by atoms with Gasteiger partial charge in [-0.05, 0) is 30.0 Å². The van der Waals surface area contributed by atoms with Crippen molar-refractivity contribution < 1.29 is 9.53 Å². The molecule has 0 saturated carbocycles. The molecule has 0 N–H and O–H groups in total. The van der Waals surface area contributed by atoms with Gasteiger partial charge in [0.2, 0.25) is 5.28 Å². The number of carbonyl (C=O) groups excluding carboxylic acids is 1. The molecule has 1 aromatic heterocycles. The molecule has 0 aliphatic heterocycles. The lowest BCUT2D eigenvalue weighted by atomic mass is 10.1.